The molecule has 15 heavy (non-hydrogen) atoms. The molecule has 0 bridgehead atoms. The van der Waals surface area contributed by atoms with Gasteiger partial charge in [0.2, 0.25) is 0 Å². The van der Waals surface area contributed by atoms with Crippen LogP contribution < -0.4 is 0 Å². The zero-order valence-electron chi connectivity index (χ0n) is 8.98. The van der Waals surface area contributed by atoms with Crippen molar-refractivity contribution in [1.29, 1.82) is 0 Å². The van der Waals surface area contributed by atoms with Gasteiger partial charge in [0.1, 0.15) is 0 Å². The van der Waals surface area contributed by atoms with Crippen molar-refractivity contribution in [2.75, 3.05) is 13.1 Å². The molecule has 0 aliphatic rings. The van der Waals surface area contributed by atoms with Gasteiger partial charge >= 0.3 is 5.97 Å². The second kappa shape index (κ2) is 6.58. The minimum Gasteiger partial charge on any atom is -0.481 e. The maximum atomic E-state index is 10.4. The number of carboxylic acid groups (broad SMARTS) is 1. The van der Waals surface area contributed by atoms with E-state index in [0.29, 0.717) is 0 Å². The van der Waals surface area contributed by atoms with Crippen molar-refractivity contribution in [3.05, 3.63) is 22.4 Å². The second-order valence-electron chi connectivity index (χ2n) is 3.45. The molecule has 4 heteroatoms. The van der Waals surface area contributed by atoms with Gasteiger partial charge in [-0.05, 0) is 31.0 Å². The number of carboxylic acids is 1. The molecule has 3 nitrogen and oxygen atoms in total. The van der Waals surface area contributed by atoms with Gasteiger partial charge in [0.05, 0.1) is 0 Å². The molecular weight excluding hydrogens is 210 g/mol. The van der Waals surface area contributed by atoms with E-state index in [-0.39, 0.29) is 6.42 Å². The molecule has 0 aromatic carbocycles. The van der Waals surface area contributed by atoms with Crippen molar-refractivity contribution < 1.29 is 9.90 Å². The molecule has 1 aromatic rings. The summed E-state index contributed by atoms with van der Waals surface area (Å²) in [6, 6.07) is 4.16. The molecule has 0 saturated carbocycles. The molecule has 0 atom stereocenters. The van der Waals surface area contributed by atoms with Crippen molar-refractivity contribution in [2.45, 2.75) is 26.3 Å². The van der Waals surface area contributed by atoms with Gasteiger partial charge < -0.3 is 5.11 Å². The van der Waals surface area contributed by atoms with Crippen molar-refractivity contribution in [3.63, 3.8) is 0 Å². The van der Waals surface area contributed by atoms with E-state index in [0.717, 1.165) is 26.1 Å². The molecule has 84 valence electrons. The van der Waals surface area contributed by atoms with E-state index in [2.05, 4.69) is 23.3 Å². The Morgan fingerprint density at radius 2 is 2.40 bits per heavy atom. The van der Waals surface area contributed by atoms with Crippen molar-refractivity contribution >= 4 is 17.3 Å². The zero-order valence-corrected chi connectivity index (χ0v) is 9.80. The molecule has 0 aliphatic carbocycles. The number of aliphatic carboxylic acids is 1. The smallest absolute Gasteiger partial charge is 0.303 e. The first kappa shape index (κ1) is 12.2. The van der Waals surface area contributed by atoms with E-state index in [1.807, 2.05) is 6.07 Å². The van der Waals surface area contributed by atoms with Gasteiger partial charge in [-0.25, -0.2) is 0 Å². The van der Waals surface area contributed by atoms with Crippen LogP contribution in [0.15, 0.2) is 17.5 Å². The van der Waals surface area contributed by atoms with E-state index in [1.54, 1.807) is 11.3 Å². The minimum absolute atomic E-state index is 0.265. The Morgan fingerprint density at radius 3 is 2.93 bits per heavy atom. The highest BCUT2D eigenvalue weighted by atomic mass is 32.1. The van der Waals surface area contributed by atoms with E-state index in [1.165, 1.54) is 4.88 Å². The highest BCUT2D eigenvalue weighted by molar-refractivity contribution is 7.09. The van der Waals surface area contributed by atoms with Gasteiger partial charge in [-0.15, -0.1) is 11.3 Å². The molecule has 1 N–H and O–H groups in total. The fraction of sp³-hybridized carbons (Fsp3) is 0.545. The lowest BCUT2D eigenvalue weighted by Crippen LogP contribution is -2.24. The number of carbonyl (C=O) groups is 1. The number of thiophene rings is 1. The maximum absolute atomic E-state index is 10.4. The number of hydrogen-bond donors (Lipinski definition) is 1. The molecule has 0 fully saturated rings. The highest BCUT2D eigenvalue weighted by Gasteiger charge is 2.05. The first-order valence-electron chi connectivity index (χ1n) is 5.19. The lowest BCUT2D eigenvalue weighted by atomic mass is 10.3. The fourth-order valence-corrected chi connectivity index (χ4v) is 2.17. The van der Waals surface area contributed by atoms with Crippen LogP contribution in [0.25, 0.3) is 0 Å². The number of nitrogens with zero attached hydrogens (tertiary/aromatic N) is 1. The Morgan fingerprint density at radius 1 is 1.60 bits per heavy atom. The summed E-state index contributed by atoms with van der Waals surface area (Å²) in [5.41, 5.74) is 0. The molecule has 0 aliphatic heterocycles. The number of rotatable bonds is 7. The van der Waals surface area contributed by atoms with Crippen molar-refractivity contribution in [3.8, 4) is 0 Å². The average molecular weight is 227 g/mol. The highest BCUT2D eigenvalue weighted by Crippen LogP contribution is 2.12. The van der Waals surface area contributed by atoms with Crippen LogP contribution in [0.1, 0.15) is 24.6 Å². The lowest BCUT2D eigenvalue weighted by Gasteiger charge is -2.18. The largest absolute Gasteiger partial charge is 0.481 e. The summed E-state index contributed by atoms with van der Waals surface area (Å²) < 4.78 is 0. The predicted octanol–water partition coefficient (Wildman–Crippen LogP) is 2.43. The molecule has 0 unspecified atom stereocenters. The van der Waals surface area contributed by atoms with E-state index in [9.17, 15) is 4.79 Å². The SMILES string of the molecule is CCN(CCCC(=O)O)Cc1cccs1. The van der Waals surface area contributed by atoms with Crippen LogP contribution in [-0.4, -0.2) is 29.1 Å². The topological polar surface area (TPSA) is 40.5 Å². The van der Waals surface area contributed by atoms with Gasteiger partial charge in [-0.3, -0.25) is 9.69 Å². The third-order valence-corrected chi connectivity index (χ3v) is 3.13. The Kier molecular flexibility index (Phi) is 5.36. The summed E-state index contributed by atoms with van der Waals surface area (Å²) >= 11 is 1.75. The van der Waals surface area contributed by atoms with Gasteiger partial charge in [0.15, 0.2) is 0 Å². The fourth-order valence-electron chi connectivity index (χ4n) is 1.43. The van der Waals surface area contributed by atoms with Gasteiger partial charge in [0, 0.05) is 17.8 Å². The Balaban J connectivity index is 2.27. The monoisotopic (exact) mass is 227 g/mol. The van der Waals surface area contributed by atoms with Crippen LogP contribution in [0.4, 0.5) is 0 Å². The summed E-state index contributed by atoms with van der Waals surface area (Å²) in [7, 11) is 0. The van der Waals surface area contributed by atoms with E-state index >= 15 is 0 Å². The third kappa shape index (κ3) is 4.95. The molecule has 1 rings (SSSR count). The van der Waals surface area contributed by atoms with E-state index < -0.39 is 5.97 Å². The average Bonchev–Trinajstić information content (AvgIpc) is 2.68. The number of hydrogen-bond acceptors (Lipinski definition) is 3. The van der Waals surface area contributed by atoms with Crippen LogP contribution in [0.3, 0.4) is 0 Å². The quantitative estimate of drug-likeness (QED) is 0.777. The zero-order chi connectivity index (χ0) is 11.1. The molecule has 0 saturated heterocycles. The Bertz CT molecular complexity index is 285. The molecule has 0 spiro atoms. The summed E-state index contributed by atoms with van der Waals surface area (Å²) in [6.07, 6.45) is 0.996. The molecule has 0 radical (unpaired) electrons. The summed E-state index contributed by atoms with van der Waals surface area (Å²) in [6.45, 7) is 4.88. The van der Waals surface area contributed by atoms with E-state index in [4.69, 9.17) is 5.11 Å². The first-order valence-corrected chi connectivity index (χ1v) is 6.07. The van der Waals surface area contributed by atoms with Crippen molar-refractivity contribution in [1.82, 2.24) is 4.90 Å². The Hall–Kier alpha value is -0.870. The van der Waals surface area contributed by atoms with Crippen LogP contribution in [0.5, 0.6) is 0 Å². The molecule has 0 amide bonds. The Labute approximate surface area is 94.3 Å². The normalized spacial score (nSPS) is 10.8. The first-order chi connectivity index (χ1) is 7.22. The van der Waals surface area contributed by atoms with Crippen LogP contribution in [0.2, 0.25) is 0 Å². The lowest BCUT2D eigenvalue weighted by molar-refractivity contribution is -0.137. The third-order valence-electron chi connectivity index (χ3n) is 2.27. The van der Waals surface area contributed by atoms with Crippen LogP contribution >= 0.6 is 11.3 Å². The predicted molar refractivity (Wildman–Crippen MR) is 62.1 cm³/mol. The van der Waals surface area contributed by atoms with Crippen molar-refractivity contribution in [2.24, 2.45) is 0 Å². The van der Waals surface area contributed by atoms with Crippen LogP contribution in [-0.2, 0) is 11.3 Å². The maximum Gasteiger partial charge on any atom is 0.303 e. The van der Waals surface area contributed by atoms with Gasteiger partial charge in [0.25, 0.3) is 0 Å². The molecule has 1 aromatic heterocycles. The molecular formula is C11H17NO2S. The standard InChI is InChI=1S/C11H17NO2S/c1-2-12(7-3-6-11(13)14)9-10-5-4-8-15-10/h4-5,8H,2-3,6-7,9H2,1H3,(H,13,14). The van der Waals surface area contributed by atoms with Gasteiger partial charge in [-0.1, -0.05) is 13.0 Å². The van der Waals surface area contributed by atoms with Crippen LogP contribution in [0, 0.1) is 0 Å². The second-order valence-corrected chi connectivity index (χ2v) is 4.48. The van der Waals surface area contributed by atoms with Gasteiger partial charge in [-0.2, -0.15) is 0 Å². The summed E-state index contributed by atoms with van der Waals surface area (Å²) in [5.74, 6) is -0.706. The summed E-state index contributed by atoms with van der Waals surface area (Å²) in [5, 5.41) is 10.6. The summed E-state index contributed by atoms with van der Waals surface area (Å²) in [4.78, 5) is 14.0. The molecule has 1 heterocycles. The minimum atomic E-state index is -0.706.